The molecular weight excluding hydrogens is 376 g/mol. The second-order valence-corrected chi connectivity index (χ2v) is 6.94. The zero-order valence-corrected chi connectivity index (χ0v) is 16.8. The number of para-hydroxylation sites is 1. The zero-order valence-electron chi connectivity index (χ0n) is 16.8. The second-order valence-electron chi connectivity index (χ2n) is 6.94. The smallest absolute Gasteiger partial charge is 0.355 e. The van der Waals surface area contributed by atoms with Gasteiger partial charge in [0.15, 0.2) is 0 Å². The molecule has 8 heteroatoms. The maximum atomic E-state index is 13.3. The first-order valence-corrected chi connectivity index (χ1v) is 9.71. The van der Waals surface area contributed by atoms with E-state index < -0.39 is 11.9 Å². The van der Waals surface area contributed by atoms with Crippen molar-refractivity contribution < 1.29 is 28.6 Å². The number of anilines is 1. The van der Waals surface area contributed by atoms with Crippen LogP contribution in [0.1, 0.15) is 36.0 Å². The van der Waals surface area contributed by atoms with E-state index in [0.717, 1.165) is 25.7 Å². The predicted octanol–water partition coefficient (Wildman–Crippen LogP) is 2.10. The Hall–Kier alpha value is -2.87. The number of methoxy groups -OCH3 is 2. The fourth-order valence-corrected chi connectivity index (χ4v) is 3.67. The number of likely N-dealkylation sites (tertiary alicyclic amines) is 1. The Morgan fingerprint density at radius 1 is 0.931 bits per heavy atom. The van der Waals surface area contributed by atoms with Gasteiger partial charge in [-0.05, 0) is 25.0 Å². The van der Waals surface area contributed by atoms with Crippen molar-refractivity contribution >= 4 is 23.5 Å². The maximum absolute atomic E-state index is 13.3. The number of benzene rings is 1. The van der Waals surface area contributed by atoms with Crippen LogP contribution in [0.25, 0.3) is 0 Å². The summed E-state index contributed by atoms with van der Waals surface area (Å²) < 4.78 is 15.2. The molecule has 1 aromatic rings. The van der Waals surface area contributed by atoms with Crippen LogP contribution in [0.15, 0.2) is 35.5 Å². The van der Waals surface area contributed by atoms with E-state index in [1.54, 1.807) is 24.3 Å². The van der Waals surface area contributed by atoms with Gasteiger partial charge in [0.1, 0.15) is 12.4 Å². The Kier molecular flexibility index (Phi) is 6.87. The lowest BCUT2D eigenvalue weighted by atomic mass is 10.1. The van der Waals surface area contributed by atoms with E-state index in [-0.39, 0.29) is 30.5 Å². The summed E-state index contributed by atoms with van der Waals surface area (Å²) >= 11 is 0. The van der Waals surface area contributed by atoms with Crippen molar-refractivity contribution in [2.75, 3.05) is 45.5 Å². The number of hydrogen-bond acceptors (Lipinski definition) is 7. The molecule has 0 atom stereocenters. The van der Waals surface area contributed by atoms with Gasteiger partial charge in [0.2, 0.25) is 0 Å². The largest absolute Gasteiger partial charge is 0.466 e. The van der Waals surface area contributed by atoms with Gasteiger partial charge in [-0.15, -0.1) is 0 Å². The molecule has 156 valence electrons. The number of carbonyl (C=O) groups excluding carboxylic acids is 3. The normalized spacial score (nSPS) is 17.6. The lowest BCUT2D eigenvalue weighted by Gasteiger charge is -2.33. The molecule has 0 N–H and O–H groups in total. The average Bonchev–Trinajstić information content (AvgIpc) is 3.06. The number of nitrogens with zero attached hydrogens (tertiary/aromatic N) is 2. The molecule has 0 aromatic heterocycles. The standard InChI is InChI=1S/C21H26N2O6/c1-27-20(25)16-13-29-14-23(18(16)21(26)28-2)17-10-6-5-9-15(17)19(24)22-11-7-3-4-8-12-22/h5-6,9-10H,3-4,7-8,11-14H2,1-2H3. The summed E-state index contributed by atoms with van der Waals surface area (Å²) in [5.41, 5.74) is 1.03. The van der Waals surface area contributed by atoms with E-state index in [9.17, 15) is 14.4 Å². The Bertz CT molecular complexity index is 811. The van der Waals surface area contributed by atoms with Gasteiger partial charge >= 0.3 is 11.9 Å². The molecule has 2 heterocycles. The number of rotatable bonds is 4. The molecule has 1 saturated heterocycles. The maximum Gasteiger partial charge on any atom is 0.355 e. The second kappa shape index (κ2) is 9.56. The molecule has 1 aromatic carbocycles. The van der Waals surface area contributed by atoms with Crippen LogP contribution in [-0.2, 0) is 23.8 Å². The first-order valence-electron chi connectivity index (χ1n) is 9.71. The fourth-order valence-electron chi connectivity index (χ4n) is 3.67. The molecular formula is C21H26N2O6. The van der Waals surface area contributed by atoms with Gasteiger partial charge in [0.05, 0.1) is 37.7 Å². The van der Waals surface area contributed by atoms with Crippen molar-refractivity contribution in [2.24, 2.45) is 0 Å². The average molecular weight is 402 g/mol. The van der Waals surface area contributed by atoms with E-state index in [4.69, 9.17) is 14.2 Å². The highest BCUT2D eigenvalue weighted by atomic mass is 16.5. The van der Waals surface area contributed by atoms with Crippen molar-refractivity contribution in [3.63, 3.8) is 0 Å². The first-order chi connectivity index (χ1) is 14.1. The summed E-state index contributed by atoms with van der Waals surface area (Å²) in [7, 11) is 2.48. The van der Waals surface area contributed by atoms with Crippen LogP contribution in [0.5, 0.6) is 0 Å². The molecule has 1 amide bonds. The minimum absolute atomic E-state index is 0.00915. The Labute approximate surface area is 170 Å². The highest BCUT2D eigenvalue weighted by molar-refractivity contribution is 6.06. The van der Waals surface area contributed by atoms with Crippen LogP contribution >= 0.6 is 0 Å². The molecule has 0 bridgehead atoms. The van der Waals surface area contributed by atoms with E-state index in [1.165, 1.54) is 19.1 Å². The van der Waals surface area contributed by atoms with Crippen molar-refractivity contribution in [3.05, 3.63) is 41.1 Å². The number of ether oxygens (including phenoxy) is 3. The monoisotopic (exact) mass is 402 g/mol. The highest BCUT2D eigenvalue weighted by Gasteiger charge is 2.34. The number of esters is 2. The van der Waals surface area contributed by atoms with E-state index in [0.29, 0.717) is 24.3 Å². The summed E-state index contributed by atoms with van der Waals surface area (Å²) in [6.45, 7) is 1.35. The summed E-state index contributed by atoms with van der Waals surface area (Å²) in [4.78, 5) is 41.4. The topological polar surface area (TPSA) is 85.4 Å². The van der Waals surface area contributed by atoms with Crippen LogP contribution in [0.2, 0.25) is 0 Å². The van der Waals surface area contributed by atoms with Crippen molar-refractivity contribution in [1.29, 1.82) is 0 Å². The van der Waals surface area contributed by atoms with Gasteiger partial charge in [-0.1, -0.05) is 25.0 Å². The molecule has 0 saturated carbocycles. The summed E-state index contributed by atoms with van der Waals surface area (Å²) in [6.07, 6.45) is 4.17. The lowest BCUT2D eigenvalue weighted by Crippen LogP contribution is -2.40. The van der Waals surface area contributed by atoms with Gasteiger partial charge < -0.3 is 24.0 Å². The molecule has 29 heavy (non-hydrogen) atoms. The number of carbonyl (C=O) groups is 3. The first kappa shape index (κ1) is 20.9. The van der Waals surface area contributed by atoms with Gasteiger partial charge in [-0.25, -0.2) is 9.59 Å². The summed E-state index contributed by atoms with van der Waals surface area (Å²) in [5.74, 6) is -1.46. The Morgan fingerprint density at radius 2 is 1.59 bits per heavy atom. The number of hydrogen-bond donors (Lipinski definition) is 0. The molecule has 3 rings (SSSR count). The van der Waals surface area contributed by atoms with Crippen molar-refractivity contribution in [1.82, 2.24) is 4.90 Å². The predicted molar refractivity (Wildman–Crippen MR) is 105 cm³/mol. The SMILES string of the molecule is COC(=O)C1=C(C(=O)OC)N(c2ccccc2C(=O)N2CCCCCC2)COC1. The van der Waals surface area contributed by atoms with Gasteiger partial charge in [-0.2, -0.15) is 0 Å². The van der Waals surface area contributed by atoms with Crippen LogP contribution in [-0.4, -0.2) is 63.4 Å². The molecule has 1 fully saturated rings. The molecule has 0 unspecified atom stereocenters. The minimum atomic E-state index is -0.689. The molecule has 0 radical (unpaired) electrons. The zero-order chi connectivity index (χ0) is 20.8. The summed E-state index contributed by atoms with van der Waals surface area (Å²) in [6, 6.07) is 7.01. The van der Waals surface area contributed by atoms with Gasteiger partial charge in [0.25, 0.3) is 5.91 Å². The van der Waals surface area contributed by atoms with Crippen molar-refractivity contribution in [2.45, 2.75) is 25.7 Å². The lowest BCUT2D eigenvalue weighted by molar-refractivity contribution is -0.140. The minimum Gasteiger partial charge on any atom is -0.466 e. The third kappa shape index (κ3) is 4.42. The van der Waals surface area contributed by atoms with Crippen LogP contribution < -0.4 is 4.90 Å². The van der Waals surface area contributed by atoms with Crippen LogP contribution in [0.4, 0.5) is 5.69 Å². The number of amides is 1. The van der Waals surface area contributed by atoms with E-state index in [1.807, 2.05) is 4.90 Å². The third-order valence-corrected chi connectivity index (χ3v) is 5.15. The Balaban J connectivity index is 2.04. The van der Waals surface area contributed by atoms with Gasteiger partial charge in [-0.3, -0.25) is 4.79 Å². The quantitative estimate of drug-likeness (QED) is 0.713. The van der Waals surface area contributed by atoms with E-state index in [2.05, 4.69) is 0 Å². The van der Waals surface area contributed by atoms with Crippen molar-refractivity contribution in [3.8, 4) is 0 Å². The fraction of sp³-hybridized carbons (Fsp3) is 0.476. The van der Waals surface area contributed by atoms with Crippen LogP contribution in [0, 0.1) is 0 Å². The Morgan fingerprint density at radius 3 is 2.24 bits per heavy atom. The third-order valence-electron chi connectivity index (χ3n) is 5.15. The van der Waals surface area contributed by atoms with E-state index >= 15 is 0 Å². The molecule has 2 aliphatic rings. The molecule has 0 spiro atoms. The van der Waals surface area contributed by atoms with Gasteiger partial charge in [0, 0.05) is 13.1 Å². The molecule has 0 aliphatic carbocycles. The summed E-state index contributed by atoms with van der Waals surface area (Å²) in [5, 5.41) is 0. The highest BCUT2D eigenvalue weighted by Crippen LogP contribution is 2.30. The molecule has 2 aliphatic heterocycles. The molecule has 8 nitrogen and oxygen atoms in total. The van der Waals surface area contributed by atoms with Crippen LogP contribution in [0.3, 0.4) is 0 Å².